The third-order valence-electron chi connectivity index (χ3n) is 6.09. The summed E-state index contributed by atoms with van der Waals surface area (Å²) in [5.41, 5.74) is 6.33. The molecule has 0 amide bonds. The van der Waals surface area contributed by atoms with Crippen molar-refractivity contribution in [1.82, 2.24) is 0 Å². The first-order valence-electron chi connectivity index (χ1n) is 9.51. The van der Waals surface area contributed by atoms with E-state index >= 15 is 0 Å². The van der Waals surface area contributed by atoms with Crippen molar-refractivity contribution in [3.05, 3.63) is 59.7 Å². The summed E-state index contributed by atoms with van der Waals surface area (Å²) in [6.45, 7) is 0. The summed E-state index contributed by atoms with van der Waals surface area (Å²) < 4.78 is 0. The Bertz CT molecular complexity index is 1130. The van der Waals surface area contributed by atoms with Gasteiger partial charge < -0.3 is 0 Å². The molecule has 0 spiro atoms. The predicted molar refractivity (Wildman–Crippen MR) is 102 cm³/mol. The van der Waals surface area contributed by atoms with Gasteiger partial charge in [0.25, 0.3) is 0 Å². The number of fused-ring (bicyclic) bond motifs is 3. The number of Topliss-reactive ketones (excluding diaryl/α,β-unsaturated/α-hetero) is 2. The van der Waals surface area contributed by atoms with Crippen LogP contribution in [0.1, 0.15) is 46.4 Å². The van der Waals surface area contributed by atoms with Crippen LogP contribution in [0.4, 0.5) is 0 Å². The lowest BCUT2D eigenvalue weighted by Gasteiger charge is -2.08. The molecule has 0 saturated heterocycles. The summed E-state index contributed by atoms with van der Waals surface area (Å²) in [5, 5.41) is 2.23. The van der Waals surface area contributed by atoms with Crippen LogP contribution in [0, 0.1) is 11.8 Å². The van der Waals surface area contributed by atoms with Crippen LogP contribution in [0.2, 0.25) is 0 Å². The van der Waals surface area contributed by atoms with Crippen molar-refractivity contribution >= 4 is 22.3 Å². The van der Waals surface area contributed by atoms with Crippen molar-refractivity contribution in [2.24, 2.45) is 11.8 Å². The Morgan fingerprint density at radius 3 is 2.15 bits per heavy atom. The van der Waals surface area contributed by atoms with Gasteiger partial charge in [0.2, 0.25) is 0 Å². The monoisotopic (exact) mass is 338 g/mol. The highest BCUT2D eigenvalue weighted by molar-refractivity contribution is 6.21. The minimum atomic E-state index is 0.221. The normalized spacial score (nSPS) is 17.4. The Labute approximate surface area is 151 Å². The van der Waals surface area contributed by atoms with Crippen molar-refractivity contribution in [2.45, 2.75) is 25.7 Å². The quantitative estimate of drug-likeness (QED) is 0.449. The summed E-state index contributed by atoms with van der Waals surface area (Å²) in [6, 6.07) is 16.4. The lowest BCUT2D eigenvalue weighted by atomic mass is 9.95. The second-order valence-corrected chi connectivity index (χ2v) is 7.93. The van der Waals surface area contributed by atoms with Gasteiger partial charge in [0.1, 0.15) is 0 Å². The molecule has 0 bridgehead atoms. The van der Waals surface area contributed by atoms with E-state index in [0.717, 1.165) is 53.3 Å². The van der Waals surface area contributed by atoms with Crippen LogP contribution in [0.5, 0.6) is 0 Å². The van der Waals surface area contributed by atoms with Crippen LogP contribution in [0.25, 0.3) is 33.0 Å². The van der Waals surface area contributed by atoms with Crippen molar-refractivity contribution in [3.63, 3.8) is 0 Å². The second-order valence-electron chi connectivity index (χ2n) is 7.93. The first-order chi connectivity index (χ1) is 12.7. The summed E-state index contributed by atoms with van der Waals surface area (Å²) in [6.07, 6.45) is 4.10. The maximum absolute atomic E-state index is 12.7. The fourth-order valence-electron chi connectivity index (χ4n) is 4.37. The Hall–Kier alpha value is -2.74. The van der Waals surface area contributed by atoms with E-state index in [-0.39, 0.29) is 23.4 Å². The zero-order chi connectivity index (χ0) is 17.4. The van der Waals surface area contributed by atoms with E-state index in [4.69, 9.17) is 0 Å². The predicted octanol–water partition coefficient (Wildman–Crippen LogP) is 5.67. The highest BCUT2D eigenvalue weighted by Crippen LogP contribution is 2.49. The molecule has 2 heteroatoms. The molecule has 2 fully saturated rings. The van der Waals surface area contributed by atoms with E-state index in [1.165, 1.54) is 16.5 Å². The number of hydrogen-bond acceptors (Lipinski definition) is 2. The number of carbonyl (C=O) groups excluding carboxylic acids is 2. The van der Waals surface area contributed by atoms with Gasteiger partial charge in [-0.2, -0.15) is 0 Å². The van der Waals surface area contributed by atoms with Crippen LogP contribution < -0.4 is 0 Å². The molecule has 3 aromatic carbocycles. The first-order valence-corrected chi connectivity index (χ1v) is 9.51. The third-order valence-corrected chi connectivity index (χ3v) is 6.09. The van der Waals surface area contributed by atoms with Crippen LogP contribution in [-0.4, -0.2) is 11.6 Å². The van der Waals surface area contributed by atoms with Crippen molar-refractivity contribution in [3.8, 4) is 22.3 Å². The topological polar surface area (TPSA) is 34.1 Å². The average molecular weight is 338 g/mol. The molecule has 126 valence electrons. The smallest absolute Gasteiger partial charge is 0.166 e. The lowest BCUT2D eigenvalue weighted by molar-refractivity contribution is 0.0961. The summed E-state index contributed by atoms with van der Waals surface area (Å²) in [5.74, 6) is 1.02. The number of rotatable bonds is 4. The number of hydrogen-bond donors (Lipinski definition) is 0. The standard InChI is InChI=1S/C24H18O2/c25-23(13-4-5-13)15-8-9-16-17-2-1-3-18-20(24(26)14-6-7-14)11-10-19(22(17)18)21(16)12-15/h1-3,8-14H,4-7H2. The molecule has 0 unspecified atom stereocenters. The maximum Gasteiger partial charge on any atom is 0.166 e. The molecule has 0 heterocycles. The van der Waals surface area contributed by atoms with Gasteiger partial charge in [-0.15, -0.1) is 0 Å². The average Bonchev–Trinajstić information content (AvgIpc) is 3.58. The Morgan fingerprint density at radius 2 is 1.38 bits per heavy atom. The van der Waals surface area contributed by atoms with Gasteiger partial charge >= 0.3 is 0 Å². The van der Waals surface area contributed by atoms with Gasteiger partial charge in [0, 0.05) is 23.0 Å². The molecule has 0 aliphatic heterocycles. The van der Waals surface area contributed by atoms with Gasteiger partial charge in [-0.3, -0.25) is 9.59 Å². The highest BCUT2D eigenvalue weighted by Gasteiger charge is 2.34. The highest BCUT2D eigenvalue weighted by atomic mass is 16.1. The second kappa shape index (κ2) is 4.91. The summed E-state index contributed by atoms with van der Waals surface area (Å²) in [4.78, 5) is 25.2. The van der Waals surface area contributed by atoms with Gasteiger partial charge in [0.05, 0.1) is 0 Å². The zero-order valence-electron chi connectivity index (χ0n) is 14.4. The van der Waals surface area contributed by atoms with E-state index in [1.54, 1.807) is 0 Å². The molecular formula is C24H18O2. The van der Waals surface area contributed by atoms with Crippen LogP contribution in [-0.2, 0) is 0 Å². The molecular weight excluding hydrogens is 320 g/mol. The molecule has 0 aromatic heterocycles. The summed E-state index contributed by atoms with van der Waals surface area (Å²) in [7, 11) is 0. The molecule has 0 atom stereocenters. The molecule has 0 radical (unpaired) electrons. The van der Waals surface area contributed by atoms with Gasteiger partial charge in [-0.05, 0) is 64.8 Å². The molecule has 26 heavy (non-hydrogen) atoms. The van der Waals surface area contributed by atoms with Gasteiger partial charge in [-0.1, -0.05) is 42.5 Å². The molecule has 2 nitrogen and oxygen atoms in total. The number of benzene rings is 3. The van der Waals surface area contributed by atoms with Crippen LogP contribution in [0.15, 0.2) is 48.5 Å². The van der Waals surface area contributed by atoms with Gasteiger partial charge in [0.15, 0.2) is 11.6 Å². The van der Waals surface area contributed by atoms with E-state index in [1.807, 2.05) is 18.2 Å². The zero-order valence-corrected chi connectivity index (χ0v) is 14.4. The molecule has 3 aliphatic carbocycles. The van der Waals surface area contributed by atoms with E-state index in [2.05, 4.69) is 30.3 Å². The van der Waals surface area contributed by atoms with Crippen molar-refractivity contribution in [1.29, 1.82) is 0 Å². The minimum Gasteiger partial charge on any atom is -0.294 e. The van der Waals surface area contributed by atoms with E-state index < -0.39 is 0 Å². The largest absolute Gasteiger partial charge is 0.294 e. The van der Waals surface area contributed by atoms with Crippen molar-refractivity contribution in [2.75, 3.05) is 0 Å². The molecule has 0 N–H and O–H groups in total. The Morgan fingerprint density at radius 1 is 0.692 bits per heavy atom. The van der Waals surface area contributed by atoms with E-state index in [9.17, 15) is 9.59 Å². The Kier molecular flexibility index (Phi) is 2.73. The van der Waals surface area contributed by atoms with E-state index in [0.29, 0.717) is 0 Å². The Balaban J connectivity index is 1.57. The fourth-order valence-corrected chi connectivity index (χ4v) is 4.37. The van der Waals surface area contributed by atoms with Gasteiger partial charge in [-0.25, -0.2) is 0 Å². The molecule has 3 aromatic rings. The molecule has 2 saturated carbocycles. The molecule has 6 rings (SSSR count). The van der Waals surface area contributed by atoms with Crippen LogP contribution >= 0.6 is 0 Å². The number of ketones is 2. The first kappa shape index (κ1) is 14.4. The third kappa shape index (κ3) is 1.93. The maximum atomic E-state index is 12.7. The lowest BCUT2D eigenvalue weighted by Crippen LogP contribution is -2.02. The summed E-state index contributed by atoms with van der Waals surface area (Å²) >= 11 is 0. The number of carbonyl (C=O) groups is 2. The van der Waals surface area contributed by atoms with Crippen LogP contribution in [0.3, 0.4) is 0 Å². The molecule has 3 aliphatic rings. The SMILES string of the molecule is O=C(c1ccc2c(c1)-c1ccc(C(=O)C3CC3)c3cccc-2c13)C1CC1. The fraction of sp³-hybridized carbons (Fsp3) is 0.250. The van der Waals surface area contributed by atoms with Crippen molar-refractivity contribution < 1.29 is 9.59 Å². The minimum absolute atomic E-state index is 0.221.